The molecule has 0 bridgehead atoms. The van der Waals surface area contributed by atoms with E-state index in [2.05, 4.69) is 21.8 Å². The third kappa shape index (κ3) is 6.36. The second-order valence-corrected chi connectivity index (χ2v) is 7.69. The molecule has 0 atom stereocenters. The Morgan fingerprint density at radius 2 is 2.18 bits per heavy atom. The third-order valence-electron chi connectivity index (χ3n) is 3.82. The summed E-state index contributed by atoms with van der Waals surface area (Å²) in [7, 11) is 0.759. The molecule has 0 aromatic rings. The molecule has 7 heteroatoms. The number of hydrogen-bond donors (Lipinski definition) is 1. The summed E-state index contributed by atoms with van der Waals surface area (Å²) < 4.78 is 25.0. The zero-order valence-electron chi connectivity index (χ0n) is 13.9. The van der Waals surface area contributed by atoms with Gasteiger partial charge in [-0.3, -0.25) is 4.99 Å². The molecule has 0 aromatic heterocycles. The van der Waals surface area contributed by atoms with Gasteiger partial charge in [0.25, 0.3) is 0 Å². The van der Waals surface area contributed by atoms with E-state index in [9.17, 15) is 8.42 Å². The number of unbranched alkanes of at least 4 members (excludes halogenated alkanes) is 3. The average Bonchev–Trinajstić information content (AvgIpc) is 2.82. The Morgan fingerprint density at radius 3 is 2.77 bits per heavy atom. The SMILES string of the molecule is C=CCCCCCN(C)C(=NC)NCCN1CCCS1(=O)=O. The Bertz CT molecular complexity index is 462. The summed E-state index contributed by atoms with van der Waals surface area (Å²) in [5, 5.41) is 3.24. The molecule has 22 heavy (non-hydrogen) atoms. The van der Waals surface area contributed by atoms with Gasteiger partial charge in [0, 0.05) is 40.3 Å². The zero-order valence-corrected chi connectivity index (χ0v) is 14.7. The van der Waals surface area contributed by atoms with Gasteiger partial charge in [0.1, 0.15) is 0 Å². The summed E-state index contributed by atoms with van der Waals surface area (Å²) in [4.78, 5) is 6.34. The van der Waals surface area contributed by atoms with Crippen molar-refractivity contribution in [2.45, 2.75) is 32.1 Å². The van der Waals surface area contributed by atoms with Gasteiger partial charge in [-0.05, 0) is 25.7 Å². The molecule has 0 unspecified atom stereocenters. The molecule has 0 radical (unpaired) electrons. The highest BCUT2D eigenvalue weighted by molar-refractivity contribution is 7.89. The number of hydrogen-bond acceptors (Lipinski definition) is 3. The van der Waals surface area contributed by atoms with E-state index in [1.54, 1.807) is 11.4 Å². The second kappa shape index (κ2) is 9.84. The minimum atomic E-state index is -3.00. The fourth-order valence-corrected chi connectivity index (χ4v) is 4.07. The average molecular weight is 330 g/mol. The Kier molecular flexibility index (Phi) is 8.48. The number of allylic oxidation sites excluding steroid dienone is 1. The van der Waals surface area contributed by atoms with Gasteiger partial charge in [-0.25, -0.2) is 12.7 Å². The number of nitrogens with zero attached hydrogens (tertiary/aromatic N) is 3. The second-order valence-electron chi connectivity index (χ2n) is 5.60. The van der Waals surface area contributed by atoms with Crippen LogP contribution in [-0.4, -0.2) is 69.6 Å². The number of nitrogens with one attached hydrogen (secondary N) is 1. The molecule has 1 heterocycles. The van der Waals surface area contributed by atoms with Gasteiger partial charge in [0.2, 0.25) is 10.0 Å². The lowest BCUT2D eigenvalue weighted by Gasteiger charge is -2.23. The maximum absolute atomic E-state index is 11.7. The number of guanidine groups is 1. The summed E-state index contributed by atoms with van der Waals surface area (Å²) >= 11 is 0. The van der Waals surface area contributed by atoms with E-state index in [4.69, 9.17) is 0 Å². The van der Waals surface area contributed by atoms with Crippen LogP contribution in [0.25, 0.3) is 0 Å². The van der Waals surface area contributed by atoms with E-state index < -0.39 is 10.0 Å². The van der Waals surface area contributed by atoms with Crippen molar-refractivity contribution in [1.29, 1.82) is 0 Å². The van der Waals surface area contributed by atoms with Crippen LogP contribution in [0, 0.1) is 0 Å². The molecule has 0 amide bonds. The van der Waals surface area contributed by atoms with Crippen molar-refractivity contribution in [2.75, 3.05) is 46.0 Å². The van der Waals surface area contributed by atoms with Crippen LogP contribution < -0.4 is 5.32 Å². The van der Waals surface area contributed by atoms with Crippen LogP contribution in [0.1, 0.15) is 32.1 Å². The van der Waals surface area contributed by atoms with E-state index in [0.717, 1.165) is 31.8 Å². The molecule has 128 valence electrons. The molecule has 0 saturated carbocycles. The van der Waals surface area contributed by atoms with E-state index in [0.29, 0.717) is 19.6 Å². The molecule has 1 aliphatic rings. The molecule has 6 nitrogen and oxygen atoms in total. The lowest BCUT2D eigenvalue weighted by molar-refractivity contribution is 0.428. The van der Waals surface area contributed by atoms with Crippen LogP contribution in [0.4, 0.5) is 0 Å². The monoisotopic (exact) mass is 330 g/mol. The lowest BCUT2D eigenvalue weighted by atomic mass is 10.2. The standard InChI is InChI=1S/C15H30N4O2S/c1-4-5-6-7-8-11-18(3)15(16-2)17-10-13-19-12-9-14-22(19,20)21/h4H,1,5-14H2,2-3H3,(H,16,17). The fraction of sp³-hybridized carbons (Fsp3) is 0.800. The van der Waals surface area contributed by atoms with Crippen molar-refractivity contribution in [3.63, 3.8) is 0 Å². The smallest absolute Gasteiger partial charge is 0.214 e. The van der Waals surface area contributed by atoms with Crippen molar-refractivity contribution in [3.05, 3.63) is 12.7 Å². The quantitative estimate of drug-likeness (QED) is 0.299. The summed E-state index contributed by atoms with van der Waals surface area (Å²) in [5.41, 5.74) is 0. The van der Waals surface area contributed by atoms with Crippen LogP contribution in [-0.2, 0) is 10.0 Å². The normalized spacial score (nSPS) is 18.4. The van der Waals surface area contributed by atoms with Gasteiger partial charge < -0.3 is 10.2 Å². The molecule has 1 fully saturated rings. The lowest BCUT2D eigenvalue weighted by Crippen LogP contribution is -2.43. The first-order valence-electron chi connectivity index (χ1n) is 8.01. The van der Waals surface area contributed by atoms with Gasteiger partial charge in [-0.15, -0.1) is 6.58 Å². The Morgan fingerprint density at radius 1 is 1.41 bits per heavy atom. The van der Waals surface area contributed by atoms with Crippen molar-refractivity contribution in [3.8, 4) is 0 Å². The Balaban J connectivity index is 2.25. The van der Waals surface area contributed by atoms with Gasteiger partial charge in [0.15, 0.2) is 5.96 Å². The topological polar surface area (TPSA) is 65.0 Å². The van der Waals surface area contributed by atoms with Crippen LogP contribution in [0.3, 0.4) is 0 Å². The predicted octanol–water partition coefficient (Wildman–Crippen LogP) is 1.28. The summed E-state index contributed by atoms with van der Waals surface area (Å²) in [6.45, 7) is 6.41. The Hall–Kier alpha value is -1.08. The molecular weight excluding hydrogens is 300 g/mol. The number of aliphatic imine (C=N–C) groups is 1. The Labute approximate surface area is 135 Å². The first-order valence-corrected chi connectivity index (χ1v) is 9.62. The van der Waals surface area contributed by atoms with Crippen LogP contribution >= 0.6 is 0 Å². The molecule has 1 N–H and O–H groups in total. The minimum absolute atomic E-state index is 0.284. The van der Waals surface area contributed by atoms with Crippen molar-refractivity contribution < 1.29 is 8.42 Å². The van der Waals surface area contributed by atoms with E-state index in [1.165, 1.54) is 12.8 Å². The molecule has 0 spiro atoms. The van der Waals surface area contributed by atoms with Crippen LogP contribution in [0.5, 0.6) is 0 Å². The zero-order chi connectivity index (χ0) is 16.4. The maximum atomic E-state index is 11.7. The highest BCUT2D eigenvalue weighted by Crippen LogP contribution is 2.11. The maximum Gasteiger partial charge on any atom is 0.214 e. The van der Waals surface area contributed by atoms with Crippen LogP contribution in [0.2, 0.25) is 0 Å². The largest absolute Gasteiger partial charge is 0.355 e. The fourth-order valence-electron chi connectivity index (χ4n) is 2.54. The molecule has 1 saturated heterocycles. The first-order chi connectivity index (χ1) is 10.5. The summed E-state index contributed by atoms with van der Waals surface area (Å²) in [5.74, 6) is 1.10. The van der Waals surface area contributed by atoms with E-state index >= 15 is 0 Å². The highest BCUT2D eigenvalue weighted by atomic mass is 32.2. The summed E-state index contributed by atoms with van der Waals surface area (Å²) in [6, 6.07) is 0. The van der Waals surface area contributed by atoms with Crippen LogP contribution in [0.15, 0.2) is 17.6 Å². The molecule has 1 rings (SSSR count). The summed E-state index contributed by atoms with van der Waals surface area (Å²) in [6.07, 6.45) is 7.24. The van der Waals surface area contributed by atoms with Gasteiger partial charge >= 0.3 is 0 Å². The van der Waals surface area contributed by atoms with Crippen molar-refractivity contribution >= 4 is 16.0 Å². The molecule has 0 aliphatic carbocycles. The van der Waals surface area contributed by atoms with Gasteiger partial charge in [-0.1, -0.05) is 12.5 Å². The molecular formula is C15H30N4O2S. The highest BCUT2D eigenvalue weighted by Gasteiger charge is 2.27. The number of rotatable bonds is 9. The first kappa shape index (κ1) is 19.0. The molecule has 1 aliphatic heterocycles. The van der Waals surface area contributed by atoms with Gasteiger partial charge in [0.05, 0.1) is 5.75 Å². The number of sulfonamides is 1. The van der Waals surface area contributed by atoms with Crippen molar-refractivity contribution in [1.82, 2.24) is 14.5 Å². The third-order valence-corrected chi connectivity index (χ3v) is 5.78. The van der Waals surface area contributed by atoms with E-state index in [-0.39, 0.29) is 5.75 Å². The van der Waals surface area contributed by atoms with Gasteiger partial charge in [-0.2, -0.15) is 0 Å². The minimum Gasteiger partial charge on any atom is -0.355 e. The van der Waals surface area contributed by atoms with E-state index in [1.807, 2.05) is 13.1 Å². The molecule has 0 aromatic carbocycles. The predicted molar refractivity (Wildman–Crippen MR) is 92.6 cm³/mol. The van der Waals surface area contributed by atoms with Crippen molar-refractivity contribution in [2.24, 2.45) is 4.99 Å².